The van der Waals surface area contributed by atoms with Crippen LogP contribution in [0.3, 0.4) is 0 Å². The number of piperidine rings is 1. The molecule has 3 aromatic rings. The summed E-state index contributed by atoms with van der Waals surface area (Å²) in [4.78, 5) is 13.2. The first kappa shape index (κ1) is 18.1. The molecular weight excluding hydrogens is 362 g/mol. The number of hydrogen-bond acceptors (Lipinski definition) is 5. The Morgan fingerprint density at radius 1 is 1.10 bits per heavy atom. The maximum atomic E-state index is 10.5. The fraction of sp³-hybridized carbons (Fsp3) is 0.348. The molecular formula is C23H25N5O. The molecule has 1 aromatic carbocycles. The van der Waals surface area contributed by atoms with E-state index in [9.17, 15) is 5.11 Å². The quantitative estimate of drug-likeness (QED) is 0.707. The van der Waals surface area contributed by atoms with Gasteiger partial charge in [-0.15, -0.1) is 0 Å². The third-order valence-corrected chi connectivity index (χ3v) is 6.15. The number of phenolic OH excluding ortho intramolecular Hbond substituents is 1. The molecule has 2 aliphatic heterocycles. The molecule has 0 aliphatic carbocycles. The van der Waals surface area contributed by atoms with Gasteiger partial charge < -0.3 is 15.0 Å². The average molecular weight is 387 g/mol. The number of imidazole rings is 1. The van der Waals surface area contributed by atoms with Gasteiger partial charge in [0.25, 0.3) is 0 Å². The van der Waals surface area contributed by atoms with Crippen LogP contribution in [0.4, 0.5) is 0 Å². The molecule has 0 radical (unpaired) electrons. The normalized spacial score (nSPS) is 27.4. The lowest BCUT2D eigenvalue weighted by Gasteiger charge is -2.38. The first-order valence-electron chi connectivity index (χ1n) is 10.0. The minimum Gasteiger partial charge on any atom is -0.507 e. The second-order valence-corrected chi connectivity index (χ2v) is 8.90. The number of nitrogens with zero attached hydrogens (tertiary/aromatic N) is 4. The maximum absolute atomic E-state index is 10.5. The van der Waals surface area contributed by atoms with Crippen molar-refractivity contribution in [1.82, 2.24) is 24.8 Å². The van der Waals surface area contributed by atoms with Crippen LogP contribution in [0.5, 0.6) is 5.75 Å². The van der Waals surface area contributed by atoms with Crippen LogP contribution in [0, 0.1) is 0 Å². The standard InChI is InChI=1S/C23H25N5O/c1-22-5-6-23(2,27-22)12-16(11-22)9-17-13-26-20(14-25-17)19-4-3-18(10-21(19)29)28-8-7-24-15-28/h3-4,7-10,13-15,27,29H,5-6,11-12H2,1-2H3/b16-9-/t22-,23+/m1/s1. The molecule has 0 unspecified atom stereocenters. The fourth-order valence-corrected chi connectivity index (χ4v) is 4.91. The summed E-state index contributed by atoms with van der Waals surface area (Å²) in [5.41, 5.74) is 4.88. The number of phenols is 1. The number of aromatic hydroxyl groups is 1. The molecule has 0 saturated carbocycles. The number of fused-ring (bicyclic) bond motifs is 2. The Morgan fingerprint density at radius 3 is 2.52 bits per heavy atom. The Balaban J connectivity index is 1.38. The van der Waals surface area contributed by atoms with Gasteiger partial charge in [0, 0.05) is 35.1 Å². The van der Waals surface area contributed by atoms with Gasteiger partial charge in [0.1, 0.15) is 5.75 Å². The minimum absolute atomic E-state index is 0.174. The van der Waals surface area contributed by atoms with Crippen molar-refractivity contribution in [3.63, 3.8) is 0 Å². The van der Waals surface area contributed by atoms with Gasteiger partial charge in [0.05, 0.1) is 35.8 Å². The Bertz CT molecular complexity index is 1050. The first-order valence-corrected chi connectivity index (χ1v) is 10.0. The zero-order valence-electron chi connectivity index (χ0n) is 16.8. The Hall–Kier alpha value is -2.99. The summed E-state index contributed by atoms with van der Waals surface area (Å²) in [7, 11) is 0. The van der Waals surface area contributed by atoms with Gasteiger partial charge in [0.2, 0.25) is 0 Å². The molecule has 148 valence electrons. The molecule has 4 heterocycles. The van der Waals surface area contributed by atoms with Gasteiger partial charge in [-0.2, -0.15) is 0 Å². The van der Waals surface area contributed by atoms with Crippen molar-refractivity contribution in [2.24, 2.45) is 0 Å². The maximum Gasteiger partial charge on any atom is 0.127 e. The van der Waals surface area contributed by atoms with E-state index in [-0.39, 0.29) is 16.8 Å². The van der Waals surface area contributed by atoms with E-state index in [4.69, 9.17) is 0 Å². The zero-order valence-corrected chi connectivity index (χ0v) is 16.8. The van der Waals surface area contributed by atoms with E-state index in [0.29, 0.717) is 11.3 Å². The van der Waals surface area contributed by atoms with E-state index in [1.165, 1.54) is 18.4 Å². The molecule has 2 atom stereocenters. The average Bonchev–Trinajstić information content (AvgIpc) is 3.28. The Labute approximate surface area is 170 Å². The molecule has 2 saturated heterocycles. The lowest BCUT2D eigenvalue weighted by molar-refractivity contribution is 0.282. The van der Waals surface area contributed by atoms with Crippen LogP contribution in [0.2, 0.25) is 0 Å². The number of nitrogens with one attached hydrogen (secondary N) is 1. The van der Waals surface area contributed by atoms with Crippen LogP contribution in [-0.4, -0.2) is 35.7 Å². The lowest BCUT2D eigenvalue weighted by atomic mass is 9.84. The van der Waals surface area contributed by atoms with Gasteiger partial charge in [0.15, 0.2) is 0 Å². The fourth-order valence-electron chi connectivity index (χ4n) is 4.91. The largest absolute Gasteiger partial charge is 0.507 e. The Morgan fingerprint density at radius 2 is 1.90 bits per heavy atom. The van der Waals surface area contributed by atoms with E-state index in [1.54, 1.807) is 31.0 Å². The first-order chi connectivity index (χ1) is 13.9. The van der Waals surface area contributed by atoms with Crippen LogP contribution in [0.15, 0.2) is 54.9 Å². The van der Waals surface area contributed by atoms with Crippen LogP contribution in [-0.2, 0) is 0 Å². The van der Waals surface area contributed by atoms with Gasteiger partial charge in [-0.05, 0) is 57.7 Å². The van der Waals surface area contributed by atoms with Gasteiger partial charge in [-0.1, -0.05) is 5.57 Å². The number of aromatic nitrogens is 4. The summed E-state index contributed by atoms with van der Waals surface area (Å²) in [6.07, 6.45) is 15.5. The van der Waals surface area contributed by atoms with Crippen molar-refractivity contribution in [2.75, 3.05) is 0 Å². The lowest BCUT2D eigenvalue weighted by Crippen LogP contribution is -2.51. The van der Waals surface area contributed by atoms with Gasteiger partial charge in [-0.3, -0.25) is 9.97 Å². The SMILES string of the molecule is C[C@]12CC[C@](C)(C/C(=C/c3cnc(-c4ccc(-n5ccnc5)cc4O)cn3)C1)N2. The second-order valence-electron chi connectivity index (χ2n) is 8.90. The van der Waals surface area contributed by atoms with Crippen LogP contribution in [0.1, 0.15) is 45.2 Å². The third-order valence-electron chi connectivity index (χ3n) is 6.15. The highest BCUT2D eigenvalue weighted by Gasteiger charge is 2.46. The smallest absolute Gasteiger partial charge is 0.127 e. The molecule has 2 fully saturated rings. The van der Waals surface area contributed by atoms with E-state index in [0.717, 1.165) is 24.2 Å². The monoisotopic (exact) mass is 387 g/mol. The van der Waals surface area contributed by atoms with Crippen molar-refractivity contribution >= 4 is 6.08 Å². The van der Waals surface area contributed by atoms with Crippen LogP contribution < -0.4 is 5.32 Å². The van der Waals surface area contributed by atoms with E-state index >= 15 is 0 Å². The van der Waals surface area contributed by atoms with Crippen LogP contribution in [0.25, 0.3) is 23.0 Å². The van der Waals surface area contributed by atoms with Crippen molar-refractivity contribution in [2.45, 2.75) is 50.6 Å². The molecule has 0 spiro atoms. The molecule has 2 N–H and O–H groups in total. The summed E-state index contributed by atoms with van der Waals surface area (Å²) in [5, 5.41) is 14.3. The molecule has 2 aromatic heterocycles. The molecule has 5 rings (SSSR count). The predicted molar refractivity (Wildman–Crippen MR) is 113 cm³/mol. The summed E-state index contributed by atoms with van der Waals surface area (Å²) >= 11 is 0. The molecule has 2 aliphatic rings. The number of hydrogen-bond donors (Lipinski definition) is 2. The summed E-state index contributed by atoms with van der Waals surface area (Å²) in [5.74, 6) is 0.174. The highest BCUT2D eigenvalue weighted by Crippen LogP contribution is 2.44. The van der Waals surface area contributed by atoms with Crippen molar-refractivity contribution in [3.05, 3.63) is 60.6 Å². The van der Waals surface area contributed by atoms with E-state index in [1.807, 2.05) is 22.9 Å². The van der Waals surface area contributed by atoms with Crippen molar-refractivity contribution in [3.8, 4) is 22.7 Å². The molecule has 2 bridgehead atoms. The molecule has 29 heavy (non-hydrogen) atoms. The van der Waals surface area contributed by atoms with E-state index in [2.05, 4.69) is 40.2 Å². The topological polar surface area (TPSA) is 75.9 Å². The van der Waals surface area contributed by atoms with E-state index < -0.39 is 0 Å². The third kappa shape index (κ3) is 3.44. The molecule has 6 nitrogen and oxygen atoms in total. The predicted octanol–water partition coefficient (Wildman–Crippen LogP) is 4.11. The molecule has 0 amide bonds. The highest BCUT2D eigenvalue weighted by molar-refractivity contribution is 5.68. The zero-order chi connectivity index (χ0) is 20.1. The highest BCUT2D eigenvalue weighted by atomic mass is 16.3. The van der Waals surface area contributed by atoms with Crippen molar-refractivity contribution in [1.29, 1.82) is 0 Å². The number of rotatable bonds is 3. The van der Waals surface area contributed by atoms with Gasteiger partial charge in [-0.25, -0.2) is 4.98 Å². The summed E-state index contributed by atoms with van der Waals surface area (Å²) in [6, 6.07) is 5.50. The number of benzene rings is 1. The van der Waals surface area contributed by atoms with Gasteiger partial charge >= 0.3 is 0 Å². The summed E-state index contributed by atoms with van der Waals surface area (Å²) in [6.45, 7) is 4.63. The van der Waals surface area contributed by atoms with Crippen molar-refractivity contribution < 1.29 is 5.11 Å². The minimum atomic E-state index is 0.174. The summed E-state index contributed by atoms with van der Waals surface area (Å²) < 4.78 is 1.84. The second kappa shape index (κ2) is 6.52. The Kier molecular flexibility index (Phi) is 4.06. The van der Waals surface area contributed by atoms with Crippen LogP contribution >= 0.6 is 0 Å². The molecule has 6 heteroatoms.